The number of rotatable bonds is 11. The van der Waals surface area contributed by atoms with Gasteiger partial charge in [-0.3, -0.25) is 4.44 Å². The number of benzene rings is 4. The third-order valence-corrected chi connectivity index (χ3v) is 17.6. The molecule has 1 saturated heterocycles. The lowest BCUT2D eigenvalue weighted by molar-refractivity contribution is 0.381. The number of nitrogens with zero attached hydrogens (tertiary/aromatic N) is 1. The average molecular weight is 780 g/mol. The first-order valence-corrected chi connectivity index (χ1v) is 23.4. The molecule has 5 heteroatoms. The van der Waals surface area contributed by atoms with E-state index < -0.39 is 16.1 Å². The van der Waals surface area contributed by atoms with E-state index in [1.807, 2.05) is 14.2 Å². The van der Waals surface area contributed by atoms with Crippen molar-refractivity contribution in [2.24, 2.45) is 0 Å². The summed E-state index contributed by atoms with van der Waals surface area (Å²) in [5.74, 6) is 2.07. The van der Waals surface area contributed by atoms with Crippen LogP contribution in [-0.2, 0) is 21.7 Å². The maximum absolute atomic E-state index is 6.38. The molecule has 55 heavy (non-hydrogen) atoms. The fourth-order valence-corrected chi connectivity index (χ4v) is 15.9. The Morgan fingerprint density at radius 1 is 0.564 bits per heavy atom. The third kappa shape index (κ3) is 9.54. The molecule has 1 aliphatic heterocycles. The van der Waals surface area contributed by atoms with Gasteiger partial charge in [-0.2, -0.15) is 0 Å². The molecular weight excluding hydrogens is 709 g/mol. The Kier molecular flexibility index (Phi) is 13.4. The fourth-order valence-electron chi connectivity index (χ4n) is 8.28. The molecule has 5 rings (SSSR count). The highest BCUT2D eigenvalue weighted by Crippen LogP contribution is 2.76. The van der Waals surface area contributed by atoms with Crippen LogP contribution in [0.25, 0.3) is 0 Å². The summed E-state index contributed by atoms with van der Waals surface area (Å²) >= 11 is 0. The summed E-state index contributed by atoms with van der Waals surface area (Å²) in [6, 6.07) is 33.2. The first-order chi connectivity index (χ1) is 25.7. The van der Waals surface area contributed by atoms with Gasteiger partial charge in [-0.25, -0.2) is 0 Å². The lowest BCUT2D eigenvalue weighted by Gasteiger charge is -2.44. The van der Waals surface area contributed by atoms with E-state index in [4.69, 9.17) is 9.47 Å². The minimum absolute atomic E-state index is 0.110. The number of hydrogen-bond donors (Lipinski definition) is 0. The number of methoxy groups -OCH3 is 2. The number of ether oxygens (including phenoxy) is 2. The first kappa shape index (κ1) is 43.4. The van der Waals surface area contributed by atoms with Gasteiger partial charge < -0.3 is 9.47 Å². The molecule has 3 atom stereocenters. The zero-order chi connectivity index (χ0) is 40.5. The molecule has 0 radical (unpaired) electrons. The van der Waals surface area contributed by atoms with Crippen LogP contribution < -0.4 is 20.1 Å². The summed E-state index contributed by atoms with van der Waals surface area (Å²) in [5.41, 5.74) is 8.67. The Balaban J connectivity index is 1.96. The van der Waals surface area contributed by atoms with Crippen LogP contribution in [0.2, 0.25) is 0 Å². The van der Waals surface area contributed by atoms with Crippen LogP contribution in [0.4, 0.5) is 0 Å². The quantitative estimate of drug-likeness (QED) is 0.142. The second kappa shape index (κ2) is 17.0. The lowest BCUT2D eigenvalue weighted by atomic mass is 9.79. The molecule has 3 nitrogen and oxygen atoms in total. The van der Waals surface area contributed by atoms with Crippen molar-refractivity contribution in [1.29, 1.82) is 0 Å². The SMILES string of the molecule is CCCCN(P(c1cc(C(C)(C)C)c(OC)c(C(C)(C)C)c1)c1cc(C(C)(C)C)c(OC)c(C(C)(C)C)c1)P1C(c2ccccc2)CC[C@@H]1c1ccccc1. The van der Waals surface area contributed by atoms with Crippen molar-refractivity contribution in [3.05, 3.63) is 118 Å². The van der Waals surface area contributed by atoms with E-state index in [1.165, 1.54) is 56.8 Å². The summed E-state index contributed by atoms with van der Waals surface area (Å²) in [6.07, 6.45) is 4.71. The highest BCUT2D eigenvalue weighted by Gasteiger charge is 2.45. The Morgan fingerprint density at radius 3 is 1.16 bits per heavy atom. The fraction of sp³-hybridized carbons (Fsp3) is 0.520. The van der Waals surface area contributed by atoms with E-state index in [-0.39, 0.29) is 21.7 Å². The Morgan fingerprint density at radius 2 is 0.891 bits per heavy atom. The topological polar surface area (TPSA) is 21.7 Å². The molecule has 0 aliphatic carbocycles. The maximum atomic E-state index is 6.38. The molecule has 0 amide bonds. The predicted octanol–water partition coefficient (Wildman–Crippen LogP) is 14.0. The lowest BCUT2D eigenvalue weighted by Crippen LogP contribution is -2.32. The van der Waals surface area contributed by atoms with Gasteiger partial charge in [0.1, 0.15) is 11.5 Å². The van der Waals surface area contributed by atoms with Gasteiger partial charge in [-0.1, -0.05) is 157 Å². The molecule has 0 saturated carbocycles. The normalized spacial score (nSPS) is 18.3. The summed E-state index contributed by atoms with van der Waals surface area (Å²) < 4.78 is 15.9. The standard InChI is InChI=1S/C50H71NO2P2/c1-16-17-30-51(55-43(35-24-20-18-21-25-35)28-29-44(55)36-26-22-19-23-27-36)54(37-31-39(47(2,3)4)45(52-14)40(32-37)48(5,6)7)38-33-41(49(8,9)10)46(53-15)42(34-38)50(11,12)13/h18-27,31-34,43-44H,16-17,28-30H2,1-15H3/t43-,44?,55?/m1/s1. The van der Waals surface area contributed by atoms with Crippen LogP contribution in [0.5, 0.6) is 11.5 Å². The van der Waals surface area contributed by atoms with Crippen LogP contribution in [0.3, 0.4) is 0 Å². The third-order valence-electron chi connectivity index (χ3n) is 11.2. The Hall–Kier alpha value is -2.70. The Bertz CT molecular complexity index is 1670. The number of hydrogen-bond acceptors (Lipinski definition) is 3. The highest BCUT2D eigenvalue weighted by molar-refractivity contribution is 7.79. The van der Waals surface area contributed by atoms with Gasteiger partial charge in [-0.05, 0) is 95.0 Å². The van der Waals surface area contributed by atoms with Crippen LogP contribution in [0.15, 0.2) is 84.9 Å². The molecule has 1 aliphatic rings. The summed E-state index contributed by atoms with van der Waals surface area (Å²) in [4.78, 5) is 0. The molecule has 0 spiro atoms. The van der Waals surface area contributed by atoms with Crippen molar-refractivity contribution in [2.45, 2.75) is 149 Å². The van der Waals surface area contributed by atoms with E-state index in [1.54, 1.807) is 0 Å². The van der Waals surface area contributed by atoms with Gasteiger partial charge in [0.25, 0.3) is 0 Å². The smallest absolute Gasteiger partial charge is 0.126 e. The van der Waals surface area contributed by atoms with Crippen molar-refractivity contribution in [1.82, 2.24) is 4.44 Å². The molecule has 0 N–H and O–H groups in total. The van der Waals surface area contributed by atoms with Gasteiger partial charge in [0.2, 0.25) is 0 Å². The molecule has 298 valence electrons. The van der Waals surface area contributed by atoms with Gasteiger partial charge in [-0.15, -0.1) is 0 Å². The molecule has 0 bridgehead atoms. The molecule has 4 aromatic carbocycles. The average Bonchev–Trinajstić information content (AvgIpc) is 3.56. The minimum Gasteiger partial charge on any atom is -0.496 e. The van der Waals surface area contributed by atoms with Crippen LogP contribution in [-0.4, -0.2) is 25.2 Å². The van der Waals surface area contributed by atoms with Crippen molar-refractivity contribution in [2.75, 3.05) is 20.8 Å². The number of unbranched alkanes of at least 4 members (excludes halogenated alkanes) is 1. The second-order valence-corrected chi connectivity index (χ2v) is 24.7. The molecule has 1 heterocycles. The van der Waals surface area contributed by atoms with Gasteiger partial charge in [0.05, 0.1) is 14.2 Å². The van der Waals surface area contributed by atoms with Crippen molar-refractivity contribution < 1.29 is 9.47 Å². The Labute approximate surface area is 338 Å². The van der Waals surface area contributed by atoms with E-state index in [0.717, 1.165) is 30.9 Å². The van der Waals surface area contributed by atoms with Gasteiger partial charge >= 0.3 is 0 Å². The zero-order valence-electron chi connectivity index (χ0n) is 36.9. The summed E-state index contributed by atoms with van der Waals surface area (Å²) in [5, 5.41) is 2.86. The molecule has 0 aromatic heterocycles. The largest absolute Gasteiger partial charge is 0.496 e. The predicted molar refractivity (Wildman–Crippen MR) is 243 cm³/mol. The molecule has 2 unspecified atom stereocenters. The minimum atomic E-state index is -1.01. The monoisotopic (exact) mass is 779 g/mol. The van der Waals surface area contributed by atoms with Crippen molar-refractivity contribution >= 4 is 26.8 Å². The highest BCUT2D eigenvalue weighted by atomic mass is 31.2. The van der Waals surface area contributed by atoms with Crippen molar-refractivity contribution in [3.63, 3.8) is 0 Å². The second-order valence-electron chi connectivity index (χ2n) is 19.7. The summed E-state index contributed by atoms with van der Waals surface area (Å²) in [7, 11) is 2.06. The first-order valence-electron chi connectivity index (χ1n) is 20.6. The zero-order valence-corrected chi connectivity index (χ0v) is 38.7. The summed E-state index contributed by atoms with van der Waals surface area (Å²) in [6.45, 7) is 31.6. The van der Waals surface area contributed by atoms with E-state index >= 15 is 0 Å². The molecular formula is C50H71NO2P2. The van der Waals surface area contributed by atoms with E-state index in [0.29, 0.717) is 11.3 Å². The maximum Gasteiger partial charge on any atom is 0.126 e. The van der Waals surface area contributed by atoms with E-state index in [2.05, 4.69) is 179 Å². The van der Waals surface area contributed by atoms with Gasteiger partial charge in [0.15, 0.2) is 0 Å². The molecule has 1 fully saturated rings. The van der Waals surface area contributed by atoms with Crippen LogP contribution in [0.1, 0.15) is 160 Å². The van der Waals surface area contributed by atoms with Crippen molar-refractivity contribution in [3.8, 4) is 11.5 Å². The molecule has 4 aromatic rings. The van der Waals surface area contributed by atoms with Crippen LogP contribution >= 0.6 is 16.1 Å². The van der Waals surface area contributed by atoms with E-state index in [9.17, 15) is 0 Å². The van der Waals surface area contributed by atoms with Crippen LogP contribution in [0, 0.1) is 0 Å². The van der Waals surface area contributed by atoms with Gasteiger partial charge in [0, 0.05) is 48.2 Å².